The Hall–Kier alpha value is -1.39. The molecule has 0 atom stereocenters. The number of nitrogens with two attached hydrogens (primary N) is 1. The topological polar surface area (TPSA) is 48.1 Å². The van der Waals surface area contributed by atoms with Crippen LogP contribution in [0.3, 0.4) is 0 Å². The van der Waals surface area contributed by atoms with E-state index in [9.17, 15) is 0 Å². The molecule has 4 heteroatoms. The highest BCUT2D eigenvalue weighted by Crippen LogP contribution is 2.24. The summed E-state index contributed by atoms with van der Waals surface area (Å²) in [6, 6.07) is 6.26. The van der Waals surface area contributed by atoms with Crippen LogP contribution in [0.4, 0.5) is 0 Å². The Bertz CT molecular complexity index is 549. The average molecular weight is 276 g/mol. The maximum atomic E-state index is 5.77. The lowest BCUT2D eigenvalue weighted by molar-refractivity contribution is 0.301. The Kier molecular flexibility index (Phi) is 4.56. The fourth-order valence-electron chi connectivity index (χ4n) is 2.05. The summed E-state index contributed by atoms with van der Waals surface area (Å²) in [5.41, 5.74) is 9.12. The molecule has 0 aliphatic heterocycles. The van der Waals surface area contributed by atoms with Gasteiger partial charge in [0.2, 0.25) is 0 Å². The number of ether oxygens (including phenoxy) is 1. The molecular weight excluding hydrogens is 256 g/mol. The SMILES string of the molecule is Cc1cc(OCc2csc(CN)n2)ccc1C(C)C. The number of aromatic nitrogens is 1. The molecular formula is C15H20N2OS. The Balaban J connectivity index is 2.01. The number of rotatable bonds is 5. The van der Waals surface area contributed by atoms with Crippen LogP contribution in [0.25, 0.3) is 0 Å². The Morgan fingerprint density at radius 2 is 2.16 bits per heavy atom. The molecule has 1 heterocycles. The molecule has 0 radical (unpaired) electrons. The third-order valence-electron chi connectivity index (χ3n) is 3.02. The van der Waals surface area contributed by atoms with E-state index >= 15 is 0 Å². The highest BCUT2D eigenvalue weighted by atomic mass is 32.1. The first-order chi connectivity index (χ1) is 9.10. The Morgan fingerprint density at radius 1 is 1.37 bits per heavy atom. The lowest BCUT2D eigenvalue weighted by atomic mass is 9.98. The molecule has 3 nitrogen and oxygen atoms in total. The molecule has 1 aromatic carbocycles. The van der Waals surface area contributed by atoms with Crippen molar-refractivity contribution >= 4 is 11.3 Å². The van der Waals surface area contributed by atoms with Crippen molar-refractivity contribution in [3.8, 4) is 5.75 Å². The molecule has 0 amide bonds. The quantitative estimate of drug-likeness (QED) is 0.907. The number of benzene rings is 1. The largest absolute Gasteiger partial charge is 0.487 e. The second kappa shape index (κ2) is 6.17. The van der Waals surface area contributed by atoms with Crippen LogP contribution in [-0.4, -0.2) is 4.98 Å². The summed E-state index contributed by atoms with van der Waals surface area (Å²) >= 11 is 1.58. The van der Waals surface area contributed by atoms with Crippen LogP contribution >= 0.6 is 11.3 Å². The van der Waals surface area contributed by atoms with Crippen LogP contribution < -0.4 is 10.5 Å². The molecule has 0 aliphatic carbocycles. The van der Waals surface area contributed by atoms with Gasteiger partial charge in [0.1, 0.15) is 17.4 Å². The first kappa shape index (κ1) is 14.0. The van der Waals surface area contributed by atoms with Crippen molar-refractivity contribution in [2.24, 2.45) is 5.73 Å². The predicted octanol–water partition coefficient (Wildman–Crippen LogP) is 3.61. The van der Waals surface area contributed by atoms with E-state index in [2.05, 4.69) is 37.9 Å². The normalized spacial score (nSPS) is 11.0. The molecule has 1 aromatic heterocycles. The summed E-state index contributed by atoms with van der Waals surface area (Å²) < 4.78 is 5.77. The molecule has 0 saturated carbocycles. The van der Waals surface area contributed by atoms with Crippen molar-refractivity contribution in [2.75, 3.05) is 0 Å². The van der Waals surface area contributed by atoms with Gasteiger partial charge in [0.05, 0.1) is 5.69 Å². The van der Waals surface area contributed by atoms with Crippen molar-refractivity contribution in [2.45, 2.75) is 39.8 Å². The molecule has 0 saturated heterocycles. The van der Waals surface area contributed by atoms with E-state index < -0.39 is 0 Å². The smallest absolute Gasteiger partial charge is 0.131 e. The van der Waals surface area contributed by atoms with Crippen LogP contribution in [0.2, 0.25) is 0 Å². The summed E-state index contributed by atoms with van der Waals surface area (Å²) in [5, 5.41) is 2.95. The van der Waals surface area contributed by atoms with Crippen molar-refractivity contribution < 1.29 is 4.74 Å². The molecule has 2 rings (SSSR count). The van der Waals surface area contributed by atoms with Crippen molar-refractivity contribution in [1.29, 1.82) is 0 Å². The lowest BCUT2D eigenvalue weighted by Gasteiger charge is -2.12. The van der Waals surface area contributed by atoms with Crippen molar-refractivity contribution in [3.05, 3.63) is 45.4 Å². The zero-order valence-corrected chi connectivity index (χ0v) is 12.5. The molecule has 0 fully saturated rings. The van der Waals surface area contributed by atoms with E-state index in [1.165, 1.54) is 11.1 Å². The van der Waals surface area contributed by atoms with E-state index in [1.807, 2.05) is 11.4 Å². The van der Waals surface area contributed by atoms with Crippen LogP contribution in [0.1, 0.15) is 41.6 Å². The van der Waals surface area contributed by atoms with E-state index in [1.54, 1.807) is 11.3 Å². The van der Waals surface area contributed by atoms with Crippen LogP contribution in [-0.2, 0) is 13.2 Å². The average Bonchev–Trinajstić information content (AvgIpc) is 2.84. The Morgan fingerprint density at radius 3 is 2.74 bits per heavy atom. The number of nitrogens with zero attached hydrogens (tertiary/aromatic N) is 1. The number of aryl methyl sites for hydroxylation is 1. The van der Waals surface area contributed by atoms with Gasteiger partial charge in [-0.2, -0.15) is 0 Å². The van der Waals surface area contributed by atoms with E-state index in [0.717, 1.165) is 16.5 Å². The summed E-state index contributed by atoms with van der Waals surface area (Å²) in [6.45, 7) is 7.51. The predicted molar refractivity (Wildman–Crippen MR) is 79.6 cm³/mol. The van der Waals surface area contributed by atoms with E-state index in [0.29, 0.717) is 19.1 Å². The second-order valence-electron chi connectivity index (χ2n) is 4.90. The van der Waals surface area contributed by atoms with Gasteiger partial charge in [-0.1, -0.05) is 19.9 Å². The highest BCUT2D eigenvalue weighted by Gasteiger charge is 2.06. The molecule has 0 unspecified atom stereocenters. The summed E-state index contributed by atoms with van der Waals surface area (Å²) in [4.78, 5) is 4.38. The fraction of sp³-hybridized carbons (Fsp3) is 0.400. The maximum Gasteiger partial charge on any atom is 0.131 e. The van der Waals surface area contributed by atoms with Gasteiger partial charge in [0.25, 0.3) is 0 Å². The van der Waals surface area contributed by atoms with Crippen LogP contribution in [0.5, 0.6) is 5.75 Å². The van der Waals surface area contributed by atoms with Gasteiger partial charge in [-0.25, -0.2) is 4.98 Å². The molecule has 0 spiro atoms. The molecule has 0 aliphatic rings. The summed E-state index contributed by atoms with van der Waals surface area (Å²) in [5.74, 6) is 1.43. The standard InChI is InChI=1S/C15H20N2OS/c1-10(2)14-5-4-13(6-11(14)3)18-8-12-9-19-15(7-16)17-12/h4-6,9-10H,7-8,16H2,1-3H3. The van der Waals surface area contributed by atoms with E-state index in [-0.39, 0.29) is 0 Å². The van der Waals surface area contributed by atoms with Gasteiger partial charge >= 0.3 is 0 Å². The van der Waals surface area contributed by atoms with Gasteiger partial charge in [0.15, 0.2) is 0 Å². The minimum Gasteiger partial charge on any atom is -0.487 e. The minimum absolute atomic E-state index is 0.493. The third kappa shape index (κ3) is 3.55. The zero-order chi connectivity index (χ0) is 13.8. The van der Waals surface area contributed by atoms with Crippen molar-refractivity contribution in [3.63, 3.8) is 0 Å². The molecule has 2 N–H and O–H groups in total. The van der Waals surface area contributed by atoms with E-state index in [4.69, 9.17) is 10.5 Å². The molecule has 0 bridgehead atoms. The first-order valence-corrected chi connectivity index (χ1v) is 7.34. The molecule has 2 aromatic rings. The number of hydrogen-bond donors (Lipinski definition) is 1. The van der Waals surface area contributed by atoms with Gasteiger partial charge < -0.3 is 10.5 Å². The zero-order valence-electron chi connectivity index (χ0n) is 11.6. The van der Waals surface area contributed by atoms with Gasteiger partial charge in [0, 0.05) is 11.9 Å². The first-order valence-electron chi connectivity index (χ1n) is 6.47. The lowest BCUT2D eigenvalue weighted by Crippen LogP contribution is -1.99. The monoisotopic (exact) mass is 276 g/mol. The molecule has 102 valence electrons. The second-order valence-corrected chi connectivity index (χ2v) is 5.84. The summed E-state index contributed by atoms with van der Waals surface area (Å²) in [7, 11) is 0. The van der Waals surface area contributed by atoms with Crippen molar-refractivity contribution in [1.82, 2.24) is 4.98 Å². The van der Waals surface area contributed by atoms with Crippen LogP contribution in [0, 0.1) is 6.92 Å². The van der Waals surface area contributed by atoms with Gasteiger partial charge in [-0.15, -0.1) is 11.3 Å². The van der Waals surface area contributed by atoms with Gasteiger partial charge in [-0.3, -0.25) is 0 Å². The third-order valence-corrected chi connectivity index (χ3v) is 3.94. The maximum absolute atomic E-state index is 5.77. The fourth-order valence-corrected chi connectivity index (χ4v) is 2.71. The molecule has 19 heavy (non-hydrogen) atoms. The number of hydrogen-bond acceptors (Lipinski definition) is 4. The highest BCUT2D eigenvalue weighted by molar-refractivity contribution is 7.09. The number of thiazole rings is 1. The minimum atomic E-state index is 0.493. The van der Waals surface area contributed by atoms with Gasteiger partial charge in [-0.05, 0) is 36.1 Å². The van der Waals surface area contributed by atoms with Crippen LogP contribution in [0.15, 0.2) is 23.6 Å². The Labute approximate surface area is 118 Å². The summed E-state index contributed by atoms with van der Waals surface area (Å²) in [6.07, 6.45) is 0.